The van der Waals surface area contributed by atoms with Crippen molar-refractivity contribution in [3.8, 4) is 0 Å². The van der Waals surface area contributed by atoms with Gasteiger partial charge in [-0.25, -0.2) is 4.98 Å². The van der Waals surface area contributed by atoms with Crippen LogP contribution in [0.1, 0.15) is 33.4 Å². The lowest BCUT2D eigenvalue weighted by atomic mass is 10.1. The molecule has 0 aliphatic rings. The molecule has 4 heteroatoms. The second kappa shape index (κ2) is 6.92. The average molecular weight is 256 g/mol. The van der Waals surface area contributed by atoms with E-state index >= 15 is 0 Å². The van der Waals surface area contributed by atoms with Crippen LogP contribution >= 0.6 is 11.6 Å². The molecule has 0 saturated heterocycles. The molecule has 0 saturated carbocycles. The molecule has 96 valence electrons. The van der Waals surface area contributed by atoms with Gasteiger partial charge >= 0.3 is 0 Å². The number of hydrogen-bond donors (Lipinski definition) is 0. The molecule has 0 aliphatic carbocycles. The summed E-state index contributed by atoms with van der Waals surface area (Å²) in [5, 5.41) is 0.452. The van der Waals surface area contributed by atoms with Crippen molar-refractivity contribution in [1.29, 1.82) is 0 Å². The Labute approximate surface area is 109 Å². The lowest BCUT2D eigenvalue weighted by Crippen LogP contribution is -2.31. The third kappa shape index (κ3) is 5.99. The van der Waals surface area contributed by atoms with Gasteiger partial charge in [0.05, 0.1) is 18.1 Å². The molecule has 0 aliphatic heterocycles. The zero-order valence-electron chi connectivity index (χ0n) is 11.2. The predicted molar refractivity (Wildman–Crippen MR) is 72.0 cm³/mol. The van der Waals surface area contributed by atoms with E-state index in [1.807, 2.05) is 0 Å². The van der Waals surface area contributed by atoms with E-state index in [2.05, 4.69) is 42.6 Å². The summed E-state index contributed by atoms with van der Waals surface area (Å²) in [6.45, 7) is 12.0. The molecule has 0 N–H and O–H groups in total. The van der Waals surface area contributed by atoms with E-state index in [4.69, 9.17) is 11.6 Å². The van der Waals surface area contributed by atoms with Crippen LogP contribution in [0.15, 0.2) is 12.4 Å². The molecule has 0 atom stereocenters. The molecule has 1 rings (SSSR count). The molecular weight excluding hydrogens is 234 g/mol. The van der Waals surface area contributed by atoms with E-state index in [0.29, 0.717) is 17.0 Å². The molecule has 1 aromatic heterocycles. The van der Waals surface area contributed by atoms with Gasteiger partial charge in [-0.3, -0.25) is 9.88 Å². The van der Waals surface area contributed by atoms with Crippen molar-refractivity contribution in [2.45, 2.75) is 34.2 Å². The number of aromatic nitrogens is 2. The Morgan fingerprint density at radius 3 is 2.06 bits per heavy atom. The molecule has 0 radical (unpaired) electrons. The summed E-state index contributed by atoms with van der Waals surface area (Å²) in [6, 6.07) is 0. The summed E-state index contributed by atoms with van der Waals surface area (Å²) >= 11 is 5.73. The van der Waals surface area contributed by atoms with Gasteiger partial charge < -0.3 is 0 Å². The highest BCUT2D eigenvalue weighted by atomic mass is 35.5. The minimum atomic E-state index is 0.452. The molecule has 0 bridgehead atoms. The molecule has 1 aromatic rings. The van der Waals surface area contributed by atoms with Crippen LogP contribution in [0, 0.1) is 11.8 Å². The van der Waals surface area contributed by atoms with Gasteiger partial charge in [0.2, 0.25) is 0 Å². The average Bonchev–Trinajstić information content (AvgIpc) is 2.19. The van der Waals surface area contributed by atoms with Gasteiger partial charge in [-0.15, -0.1) is 0 Å². The second-order valence-electron chi connectivity index (χ2n) is 5.31. The summed E-state index contributed by atoms with van der Waals surface area (Å²) in [7, 11) is 0. The Morgan fingerprint density at radius 1 is 1.06 bits per heavy atom. The van der Waals surface area contributed by atoms with Crippen molar-refractivity contribution in [2.75, 3.05) is 13.1 Å². The molecule has 0 spiro atoms. The largest absolute Gasteiger partial charge is 0.297 e. The fourth-order valence-electron chi connectivity index (χ4n) is 1.89. The summed E-state index contributed by atoms with van der Waals surface area (Å²) < 4.78 is 0. The Hall–Kier alpha value is -0.670. The smallest absolute Gasteiger partial charge is 0.147 e. The van der Waals surface area contributed by atoms with Gasteiger partial charge in [0.15, 0.2) is 0 Å². The van der Waals surface area contributed by atoms with Crippen molar-refractivity contribution < 1.29 is 0 Å². The lowest BCUT2D eigenvalue weighted by Gasteiger charge is -2.25. The normalized spacial score (nSPS) is 11.8. The molecular formula is C13H22ClN3. The summed E-state index contributed by atoms with van der Waals surface area (Å²) in [6.07, 6.45) is 3.37. The van der Waals surface area contributed by atoms with Crippen molar-refractivity contribution in [2.24, 2.45) is 11.8 Å². The zero-order valence-corrected chi connectivity index (χ0v) is 11.9. The fourth-order valence-corrected chi connectivity index (χ4v) is 1.98. The summed E-state index contributed by atoms with van der Waals surface area (Å²) in [5.41, 5.74) is 0.982. The van der Waals surface area contributed by atoms with Crippen molar-refractivity contribution >= 4 is 11.6 Å². The topological polar surface area (TPSA) is 29.0 Å². The van der Waals surface area contributed by atoms with Gasteiger partial charge in [0, 0.05) is 19.6 Å². The van der Waals surface area contributed by atoms with E-state index in [1.165, 1.54) is 0 Å². The standard InChI is InChI=1S/C13H22ClN3/c1-10(2)7-17(8-11(3)4)9-12-5-16-13(14)6-15-12/h5-6,10-11H,7-9H2,1-4H3. The zero-order chi connectivity index (χ0) is 12.8. The van der Waals surface area contributed by atoms with Crippen LogP contribution in [-0.2, 0) is 6.54 Å². The first kappa shape index (κ1) is 14.4. The van der Waals surface area contributed by atoms with Crippen LogP contribution in [0.3, 0.4) is 0 Å². The Balaban J connectivity index is 2.61. The van der Waals surface area contributed by atoms with Gasteiger partial charge in [-0.05, 0) is 11.8 Å². The number of halogens is 1. The lowest BCUT2D eigenvalue weighted by molar-refractivity contribution is 0.209. The first-order valence-corrected chi connectivity index (χ1v) is 6.54. The van der Waals surface area contributed by atoms with Crippen LogP contribution in [0.25, 0.3) is 0 Å². The third-order valence-corrected chi connectivity index (χ3v) is 2.50. The number of hydrogen-bond acceptors (Lipinski definition) is 3. The van der Waals surface area contributed by atoms with Crippen LogP contribution in [0.5, 0.6) is 0 Å². The minimum Gasteiger partial charge on any atom is -0.297 e. The van der Waals surface area contributed by atoms with Crippen LogP contribution < -0.4 is 0 Å². The quantitative estimate of drug-likeness (QED) is 0.782. The molecule has 0 amide bonds. The highest BCUT2D eigenvalue weighted by Gasteiger charge is 2.11. The van der Waals surface area contributed by atoms with Gasteiger partial charge in [-0.2, -0.15) is 0 Å². The summed E-state index contributed by atoms with van der Waals surface area (Å²) in [4.78, 5) is 10.8. The van der Waals surface area contributed by atoms with Crippen molar-refractivity contribution in [1.82, 2.24) is 14.9 Å². The molecule has 0 fully saturated rings. The van der Waals surface area contributed by atoms with Crippen LogP contribution in [-0.4, -0.2) is 28.0 Å². The molecule has 3 nitrogen and oxygen atoms in total. The maximum Gasteiger partial charge on any atom is 0.147 e. The van der Waals surface area contributed by atoms with Crippen molar-refractivity contribution in [3.63, 3.8) is 0 Å². The van der Waals surface area contributed by atoms with Gasteiger partial charge in [0.25, 0.3) is 0 Å². The minimum absolute atomic E-state index is 0.452. The van der Waals surface area contributed by atoms with Gasteiger partial charge in [0.1, 0.15) is 5.15 Å². The fraction of sp³-hybridized carbons (Fsp3) is 0.692. The second-order valence-corrected chi connectivity index (χ2v) is 5.70. The third-order valence-electron chi connectivity index (χ3n) is 2.31. The van der Waals surface area contributed by atoms with E-state index in [-0.39, 0.29) is 0 Å². The highest BCUT2D eigenvalue weighted by Crippen LogP contribution is 2.09. The summed E-state index contributed by atoms with van der Waals surface area (Å²) in [5.74, 6) is 1.32. The number of rotatable bonds is 6. The molecule has 1 heterocycles. The van der Waals surface area contributed by atoms with Crippen LogP contribution in [0.4, 0.5) is 0 Å². The first-order chi connectivity index (χ1) is 7.97. The predicted octanol–water partition coefficient (Wildman–Crippen LogP) is 3.24. The molecule has 0 aromatic carbocycles. The Kier molecular flexibility index (Phi) is 5.86. The monoisotopic (exact) mass is 255 g/mol. The SMILES string of the molecule is CC(C)CN(Cc1cnc(Cl)cn1)CC(C)C. The Bertz CT molecular complexity index is 312. The van der Waals surface area contributed by atoms with E-state index < -0.39 is 0 Å². The maximum atomic E-state index is 5.73. The Morgan fingerprint density at radius 2 is 1.65 bits per heavy atom. The molecule has 0 unspecified atom stereocenters. The van der Waals surface area contributed by atoms with Crippen LogP contribution in [0.2, 0.25) is 5.15 Å². The van der Waals surface area contributed by atoms with E-state index in [0.717, 1.165) is 25.3 Å². The number of nitrogens with zero attached hydrogens (tertiary/aromatic N) is 3. The van der Waals surface area contributed by atoms with Gasteiger partial charge in [-0.1, -0.05) is 39.3 Å². The molecule has 17 heavy (non-hydrogen) atoms. The first-order valence-electron chi connectivity index (χ1n) is 6.16. The van der Waals surface area contributed by atoms with E-state index in [9.17, 15) is 0 Å². The van der Waals surface area contributed by atoms with Crippen molar-refractivity contribution in [3.05, 3.63) is 23.2 Å². The van der Waals surface area contributed by atoms with E-state index in [1.54, 1.807) is 12.4 Å². The maximum absolute atomic E-state index is 5.73. The highest BCUT2D eigenvalue weighted by molar-refractivity contribution is 6.29.